The molecule has 1 amide bonds. The zero-order valence-electron chi connectivity index (χ0n) is 11.2. The van der Waals surface area contributed by atoms with Crippen LogP contribution < -0.4 is 15.2 Å². The number of nitrogens with two attached hydrogens (primary N) is 1. The summed E-state index contributed by atoms with van der Waals surface area (Å²) in [6.45, 7) is 2.32. The van der Waals surface area contributed by atoms with Gasteiger partial charge in [0, 0.05) is 5.38 Å². The van der Waals surface area contributed by atoms with E-state index in [1.54, 1.807) is 24.3 Å². The molecule has 1 heterocycles. The Balaban J connectivity index is 2.21. The number of benzene rings is 1. The van der Waals surface area contributed by atoms with Crippen LogP contribution in [0.4, 0.5) is 5.69 Å². The first kappa shape index (κ1) is 15.5. The maximum absolute atomic E-state index is 12.1. The first-order chi connectivity index (χ1) is 9.91. The third-order valence-electron chi connectivity index (χ3n) is 2.55. The van der Waals surface area contributed by atoms with Gasteiger partial charge in [-0.25, -0.2) is 13.6 Å². The Bertz CT molecular complexity index is 753. The molecule has 3 N–H and O–H groups in total. The van der Waals surface area contributed by atoms with E-state index in [-0.39, 0.29) is 9.77 Å². The van der Waals surface area contributed by atoms with Gasteiger partial charge in [0.1, 0.15) is 9.96 Å². The van der Waals surface area contributed by atoms with Crippen molar-refractivity contribution in [3.05, 3.63) is 41.3 Å². The molecule has 0 saturated carbocycles. The van der Waals surface area contributed by atoms with Crippen molar-refractivity contribution in [2.45, 2.75) is 11.1 Å². The van der Waals surface area contributed by atoms with Gasteiger partial charge in [-0.3, -0.25) is 4.79 Å². The summed E-state index contributed by atoms with van der Waals surface area (Å²) in [7, 11) is -3.79. The van der Waals surface area contributed by atoms with E-state index in [0.717, 1.165) is 11.3 Å². The highest BCUT2D eigenvalue weighted by Crippen LogP contribution is 2.25. The molecule has 0 unspecified atom stereocenters. The topological polar surface area (TPSA) is 98.5 Å². The molecule has 2 rings (SSSR count). The molecule has 0 spiro atoms. The van der Waals surface area contributed by atoms with Crippen molar-refractivity contribution < 1.29 is 17.9 Å². The fourth-order valence-corrected chi connectivity index (χ4v) is 3.22. The number of rotatable bonds is 5. The minimum Gasteiger partial charge on any atom is -0.492 e. The maximum atomic E-state index is 12.1. The van der Waals surface area contributed by atoms with Gasteiger partial charge in [-0.05, 0) is 25.1 Å². The number of para-hydroxylation sites is 2. The normalized spacial score (nSPS) is 11.1. The minimum absolute atomic E-state index is 0.0502. The van der Waals surface area contributed by atoms with Gasteiger partial charge in [0.2, 0.25) is 10.0 Å². The first-order valence-electron chi connectivity index (χ1n) is 6.06. The lowest BCUT2D eigenvalue weighted by Gasteiger charge is -2.10. The van der Waals surface area contributed by atoms with Crippen LogP contribution in [0.3, 0.4) is 0 Å². The number of carbonyl (C=O) groups is 1. The van der Waals surface area contributed by atoms with Gasteiger partial charge in [-0.2, -0.15) is 0 Å². The van der Waals surface area contributed by atoms with Crippen LogP contribution in [0, 0.1) is 0 Å². The molecule has 0 aliphatic rings. The second kappa shape index (κ2) is 6.25. The molecule has 1 aromatic carbocycles. The van der Waals surface area contributed by atoms with Crippen LogP contribution in [0.15, 0.2) is 39.9 Å². The average Bonchev–Trinajstić information content (AvgIpc) is 2.91. The molecule has 0 radical (unpaired) electrons. The van der Waals surface area contributed by atoms with E-state index < -0.39 is 15.9 Å². The number of nitrogens with one attached hydrogen (secondary N) is 1. The Kier molecular flexibility index (Phi) is 4.61. The van der Waals surface area contributed by atoms with Crippen molar-refractivity contribution in [3.8, 4) is 5.75 Å². The standard InChI is InChI=1S/C13H14N2O4S2/c1-2-19-11-6-4-3-5-10(11)15-13(16)9-7-12(20-8-9)21(14,17)18/h3-8H,2H2,1H3,(H,15,16)(H2,14,17,18). The predicted octanol–water partition coefficient (Wildman–Crippen LogP) is 2.05. The van der Waals surface area contributed by atoms with Crippen molar-refractivity contribution >= 4 is 33.0 Å². The van der Waals surface area contributed by atoms with E-state index in [4.69, 9.17) is 9.88 Å². The molecule has 1 aromatic heterocycles. The summed E-state index contributed by atoms with van der Waals surface area (Å²) in [5.74, 6) is 0.128. The fourth-order valence-electron chi connectivity index (χ4n) is 1.63. The number of hydrogen-bond acceptors (Lipinski definition) is 5. The predicted molar refractivity (Wildman–Crippen MR) is 81.3 cm³/mol. The van der Waals surface area contributed by atoms with Gasteiger partial charge < -0.3 is 10.1 Å². The molecular formula is C13H14N2O4S2. The molecule has 0 bridgehead atoms. The van der Waals surface area contributed by atoms with Crippen molar-refractivity contribution in [2.24, 2.45) is 5.14 Å². The van der Waals surface area contributed by atoms with Crippen LogP contribution >= 0.6 is 11.3 Å². The van der Waals surface area contributed by atoms with Gasteiger partial charge in [-0.15, -0.1) is 11.3 Å². The molecule has 0 aliphatic heterocycles. The highest BCUT2D eigenvalue weighted by atomic mass is 32.2. The van der Waals surface area contributed by atoms with Crippen molar-refractivity contribution in [1.29, 1.82) is 0 Å². The smallest absolute Gasteiger partial charge is 0.256 e. The fraction of sp³-hybridized carbons (Fsp3) is 0.154. The average molecular weight is 326 g/mol. The number of carbonyl (C=O) groups excluding carboxylic acids is 1. The molecule has 0 saturated heterocycles. The molecule has 0 atom stereocenters. The van der Waals surface area contributed by atoms with E-state index >= 15 is 0 Å². The maximum Gasteiger partial charge on any atom is 0.256 e. The Morgan fingerprint density at radius 3 is 2.71 bits per heavy atom. The first-order valence-corrected chi connectivity index (χ1v) is 8.49. The number of primary sulfonamides is 1. The van der Waals surface area contributed by atoms with Crippen LogP contribution in [0.5, 0.6) is 5.75 Å². The molecule has 6 nitrogen and oxygen atoms in total. The molecule has 21 heavy (non-hydrogen) atoms. The SMILES string of the molecule is CCOc1ccccc1NC(=O)c1csc(S(N)(=O)=O)c1. The van der Waals surface area contributed by atoms with Crippen LogP contribution in [0.1, 0.15) is 17.3 Å². The molecular weight excluding hydrogens is 312 g/mol. The van der Waals surface area contributed by atoms with E-state index in [1.165, 1.54) is 11.4 Å². The number of hydrogen-bond donors (Lipinski definition) is 2. The minimum atomic E-state index is -3.79. The van der Waals surface area contributed by atoms with Gasteiger partial charge in [-0.1, -0.05) is 12.1 Å². The van der Waals surface area contributed by atoms with Gasteiger partial charge in [0.25, 0.3) is 5.91 Å². The van der Waals surface area contributed by atoms with Gasteiger partial charge in [0.05, 0.1) is 17.9 Å². The number of sulfonamides is 1. The molecule has 8 heteroatoms. The van der Waals surface area contributed by atoms with Gasteiger partial charge >= 0.3 is 0 Å². The number of amides is 1. The van der Waals surface area contributed by atoms with Crippen LogP contribution in [0.2, 0.25) is 0 Å². The monoisotopic (exact) mass is 326 g/mol. The number of thiophene rings is 1. The van der Waals surface area contributed by atoms with E-state index in [2.05, 4.69) is 5.32 Å². The summed E-state index contributed by atoms with van der Waals surface area (Å²) in [5, 5.41) is 9.14. The third-order valence-corrected chi connectivity index (χ3v) is 4.94. The highest BCUT2D eigenvalue weighted by Gasteiger charge is 2.16. The van der Waals surface area contributed by atoms with E-state index in [9.17, 15) is 13.2 Å². The van der Waals surface area contributed by atoms with Crippen molar-refractivity contribution in [1.82, 2.24) is 0 Å². The van der Waals surface area contributed by atoms with Crippen LogP contribution in [-0.2, 0) is 10.0 Å². The summed E-state index contributed by atoms with van der Waals surface area (Å²) in [6, 6.07) is 8.25. The lowest BCUT2D eigenvalue weighted by Crippen LogP contribution is -2.13. The summed E-state index contributed by atoms with van der Waals surface area (Å²) in [6.07, 6.45) is 0. The second-order valence-corrected chi connectivity index (χ2v) is 6.78. The largest absolute Gasteiger partial charge is 0.492 e. The Morgan fingerprint density at radius 1 is 1.38 bits per heavy atom. The van der Waals surface area contributed by atoms with Crippen LogP contribution in [-0.4, -0.2) is 20.9 Å². The van der Waals surface area contributed by atoms with Crippen molar-refractivity contribution in [3.63, 3.8) is 0 Å². The highest BCUT2D eigenvalue weighted by molar-refractivity contribution is 7.91. The Labute approximate surface area is 126 Å². The Morgan fingerprint density at radius 2 is 2.10 bits per heavy atom. The quantitative estimate of drug-likeness (QED) is 0.878. The van der Waals surface area contributed by atoms with Gasteiger partial charge in [0.15, 0.2) is 0 Å². The lowest BCUT2D eigenvalue weighted by atomic mass is 10.2. The zero-order chi connectivity index (χ0) is 15.5. The Hall–Kier alpha value is -1.90. The molecule has 0 fully saturated rings. The number of anilines is 1. The summed E-state index contributed by atoms with van der Waals surface area (Å²) < 4.78 is 27.8. The molecule has 0 aliphatic carbocycles. The number of ether oxygens (including phenoxy) is 1. The second-order valence-electron chi connectivity index (χ2n) is 4.08. The lowest BCUT2D eigenvalue weighted by molar-refractivity contribution is 0.102. The van der Waals surface area contributed by atoms with E-state index in [0.29, 0.717) is 18.0 Å². The van der Waals surface area contributed by atoms with Crippen LogP contribution in [0.25, 0.3) is 0 Å². The third kappa shape index (κ3) is 3.81. The zero-order valence-corrected chi connectivity index (χ0v) is 12.8. The molecule has 2 aromatic rings. The summed E-state index contributed by atoms with van der Waals surface area (Å²) in [4.78, 5) is 12.1. The summed E-state index contributed by atoms with van der Waals surface area (Å²) >= 11 is 0.905. The van der Waals surface area contributed by atoms with E-state index in [1.807, 2.05) is 6.92 Å². The summed E-state index contributed by atoms with van der Waals surface area (Å²) in [5.41, 5.74) is 0.753. The van der Waals surface area contributed by atoms with Crippen molar-refractivity contribution in [2.75, 3.05) is 11.9 Å². The molecule has 112 valence electrons.